The third-order valence-corrected chi connectivity index (χ3v) is 12.0. The van der Waals surface area contributed by atoms with Gasteiger partial charge in [0, 0.05) is 16.2 Å². The number of esters is 3. The van der Waals surface area contributed by atoms with E-state index in [9.17, 15) is 14.4 Å². The summed E-state index contributed by atoms with van der Waals surface area (Å²) in [4.78, 5) is 40.0. The van der Waals surface area contributed by atoms with E-state index in [1.165, 1.54) is 12.5 Å². The zero-order chi connectivity index (χ0) is 33.1. The molecule has 1 aromatic rings. The molecule has 0 atom stereocenters. The first kappa shape index (κ1) is 34.4. The number of hydrogen-bond donors (Lipinski definition) is 0. The molecule has 260 valence electrons. The Morgan fingerprint density at radius 2 is 1.19 bits per heavy atom. The molecule has 0 amide bonds. The van der Waals surface area contributed by atoms with E-state index in [1.807, 2.05) is 6.92 Å². The molecule has 0 N–H and O–H groups in total. The summed E-state index contributed by atoms with van der Waals surface area (Å²) in [6, 6.07) is 4.64. The Hall–Kier alpha value is -2.49. The van der Waals surface area contributed by atoms with Crippen molar-refractivity contribution in [2.45, 2.75) is 97.8 Å². The second-order valence-electron chi connectivity index (χ2n) is 15.9. The molecule has 3 aliphatic heterocycles. The molecular formula is C38H54O9. The standard InChI is InChI=1S/C38H54O9/c1-4-37(22-43-23-37)17-26-6-10-28(11-7-26)33(39)46-30-14-15-32(31(16-30)35(41)45-21-36(3)19-42-20-36)47-34(40)29-12-8-27(9-13-29)18-38(5-2)24-44-25-38/h14-16,26-29H,4-13,17-25H2,1-3H3. The summed E-state index contributed by atoms with van der Waals surface area (Å²) in [6.45, 7) is 11.1. The molecule has 3 heterocycles. The highest BCUT2D eigenvalue weighted by Crippen LogP contribution is 2.44. The van der Waals surface area contributed by atoms with Crippen LogP contribution in [0.3, 0.4) is 0 Å². The number of hydrogen-bond acceptors (Lipinski definition) is 9. The van der Waals surface area contributed by atoms with Crippen molar-refractivity contribution in [1.82, 2.24) is 0 Å². The van der Waals surface area contributed by atoms with Crippen molar-refractivity contribution in [2.75, 3.05) is 46.2 Å². The van der Waals surface area contributed by atoms with Crippen molar-refractivity contribution in [2.24, 2.45) is 39.9 Å². The van der Waals surface area contributed by atoms with E-state index in [2.05, 4.69) is 13.8 Å². The van der Waals surface area contributed by atoms with Gasteiger partial charge in [0.25, 0.3) is 0 Å². The number of benzene rings is 1. The van der Waals surface area contributed by atoms with Gasteiger partial charge in [0.05, 0.1) is 51.5 Å². The Balaban J connectivity index is 1.06. The van der Waals surface area contributed by atoms with Gasteiger partial charge in [-0.05, 0) is 107 Å². The van der Waals surface area contributed by atoms with Crippen LogP contribution in [0.1, 0.15) is 108 Å². The van der Waals surface area contributed by atoms with Crippen LogP contribution in [-0.4, -0.2) is 64.2 Å². The van der Waals surface area contributed by atoms with E-state index in [4.69, 9.17) is 28.4 Å². The Morgan fingerprint density at radius 3 is 1.62 bits per heavy atom. The van der Waals surface area contributed by atoms with Crippen LogP contribution in [0.4, 0.5) is 0 Å². The summed E-state index contributed by atoms with van der Waals surface area (Å²) >= 11 is 0. The molecule has 0 spiro atoms. The Kier molecular flexibility index (Phi) is 10.6. The monoisotopic (exact) mass is 654 g/mol. The van der Waals surface area contributed by atoms with Crippen molar-refractivity contribution in [1.29, 1.82) is 0 Å². The SMILES string of the molecule is CCC1(CC2CCC(C(=O)Oc3ccc(OC(=O)C4CCC(CC5(CC)COC5)CC4)c(C(=O)OCC4(C)COC4)c3)CC2)COC1. The Morgan fingerprint density at radius 1 is 0.702 bits per heavy atom. The predicted molar refractivity (Wildman–Crippen MR) is 174 cm³/mol. The fourth-order valence-electron chi connectivity index (χ4n) is 8.21. The van der Waals surface area contributed by atoms with Crippen molar-refractivity contribution in [3.63, 3.8) is 0 Å². The molecule has 6 rings (SSSR count). The molecule has 0 unspecified atom stereocenters. The molecule has 47 heavy (non-hydrogen) atoms. The molecule has 2 saturated carbocycles. The van der Waals surface area contributed by atoms with Crippen LogP contribution >= 0.6 is 0 Å². The van der Waals surface area contributed by atoms with Crippen LogP contribution in [0.2, 0.25) is 0 Å². The highest BCUT2D eigenvalue weighted by Gasteiger charge is 2.42. The first-order valence-corrected chi connectivity index (χ1v) is 18.1. The van der Waals surface area contributed by atoms with Crippen molar-refractivity contribution in [3.05, 3.63) is 23.8 Å². The van der Waals surface area contributed by atoms with Gasteiger partial charge in [-0.25, -0.2) is 4.79 Å². The van der Waals surface area contributed by atoms with Crippen LogP contribution in [0.15, 0.2) is 18.2 Å². The molecule has 0 bridgehead atoms. The van der Waals surface area contributed by atoms with Crippen LogP contribution in [0.25, 0.3) is 0 Å². The lowest BCUT2D eigenvalue weighted by Crippen LogP contribution is -2.44. The van der Waals surface area contributed by atoms with Gasteiger partial charge in [-0.1, -0.05) is 20.8 Å². The average molecular weight is 655 g/mol. The van der Waals surface area contributed by atoms with Crippen LogP contribution in [0.5, 0.6) is 11.5 Å². The molecule has 0 aromatic heterocycles. The first-order chi connectivity index (χ1) is 22.6. The molecule has 1 aromatic carbocycles. The molecule has 5 fully saturated rings. The van der Waals surface area contributed by atoms with Gasteiger partial charge in [-0.3, -0.25) is 9.59 Å². The maximum absolute atomic E-state index is 13.4. The summed E-state index contributed by atoms with van der Waals surface area (Å²) in [5.41, 5.74) is 0.482. The maximum Gasteiger partial charge on any atom is 0.342 e. The number of carbonyl (C=O) groups excluding carboxylic acids is 3. The molecule has 5 aliphatic rings. The van der Waals surface area contributed by atoms with E-state index in [0.29, 0.717) is 35.9 Å². The normalized spacial score (nSPS) is 28.9. The fraction of sp³-hybridized carbons (Fsp3) is 0.763. The molecular weight excluding hydrogens is 600 g/mol. The molecule has 0 radical (unpaired) electrons. The lowest BCUT2D eigenvalue weighted by molar-refractivity contribution is -0.143. The fourth-order valence-corrected chi connectivity index (χ4v) is 8.21. The number of ether oxygens (including phenoxy) is 6. The average Bonchev–Trinajstić information content (AvgIpc) is 3.03. The van der Waals surface area contributed by atoms with Gasteiger partial charge in [0.15, 0.2) is 0 Å². The van der Waals surface area contributed by atoms with E-state index >= 15 is 0 Å². The Bertz CT molecular complexity index is 1250. The topological polar surface area (TPSA) is 107 Å². The van der Waals surface area contributed by atoms with Gasteiger partial charge < -0.3 is 28.4 Å². The largest absolute Gasteiger partial charge is 0.461 e. The Labute approximate surface area is 279 Å². The van der Waals surface area contributed by atoms with E-state index < -0.39 is 5.97 Å². The lowest BCUT2D eigenvalue weighted by Gasteiger charge is -2.44. The predicted octanol–water partition coefficient (Wildman–Crippen LogP) is 6.94. The number of carbonyl (C=O) groups is 3. The van der Waals surface area contributed by atoms with E-state index in [0.717, 1.165) is 97.1 Å². The molecule has 3 saturated heterocycles. The third kappa shape index (κ3) is 8.05. The van der Waals surface area contributed by atoms with Gasteiger partial charge in [0.2, 0.25) is 0 Å². The first-order valence-electron chi connectivity index (χ1n) is 18.1. The minimum atomic E-state index is -0.611. The van der Waals surface area contributed by atoms with Gasteiger partial charge >= 0.3 is 17.9 Å². The summed E-state index contributed by atoms with van der Waals surface area (Å²) in [6.07, 6.45) is 11.7. The van der Waals surface area contributed by atoms with Crippen molar-refractivity contribution >= 4 is 17.9 Å². The van der Waals surface area contributed by atoms with Crippen molar-refractivity contribution in [3.8, 4) is 11.5 Å². The minimum absolute atomic E-state index is 0.0901. The van der Waals surface area contributed by atoms with Crippen LogP contribution < -0.4 is 9.47 Å². The highest BCUT2D eigenvalue weighted by molar-refractivity contribution is 5.94. The molecule has 2 aliphatic carbocycles. The summed E-state index contributed by atoms with van der Waals surface area (Å²) in [5, 5.41) is 0. The van der Waals surface area contributed by atoms with Crippen LogP contribution in [0, 0.1) is 39.9 Å². The van der Waals surface area contributed by atoms with Crippen LogP contribution in [-0.2, 0) is 28.5 Å². The van der Waals surface area contributed by atoms with E-state index in [-0.39, 0.29) is 52.9 Å². The lowest BCUT2D eigenvalue weighted by atomic mass is 9.70. The van der Waals surface area contributed by atoms with E-state index in [1.54, 1.807) is 12.1 Å². The minimum Gasteiger partial charge on any atom is -0.461 e. The third-order valence-electron chi connectivity index (χ3n) is 12.0. The summed E-state index contributed by atoms with van der Waals surface area (Å²) in [7, 11) is 0. The summed E-state index contributed by atoms with van der Waals surface area (Å²) in [5.74, 6) is -0.00252. The van der Waals surface area contributed by atoms with Gasteiger partial charge in [0.1, 0.15) is 23.7 Å². The summed E-state index contributed by atoms with van der Waals surface area (Å²) < 4.78 is 33.7. The zero-order valence-corrected chi connectivity index (χ0v) is 28.7. The number of rotatable bonds is 13. The van der Waals surface area contributed by atoms with Crippen molar-refractivity contribution < 1.29 is 42.8 Å². The smallest absolute Gasteiger partial charge is 0.342 e. The molecule has 9 heteroatoms. The van der Waals surface area contributed by atoms with Gasteiger partial charge in [-0.15, -0.1) is 0 Å². The second-order valence-corrected chi connectivity index (χ2v) is 15.9. The maximum atomic E-state index is 13.4. The second kappa shape index (κ2) is 14.6. The zero-order valence-electron chi connectivity index (χ0n) is 28.7. The van der Waals surface area contributed by atoms with Gasteiger partial charge in [-0.2, -0.15) is 0 Å². The highest BCUT2D eigenvalue weighted by atomic mass is 16.6. The molecule has 9 nitrogen and oxygen atoms in total. The quantitative estimate of drug-likeness (QED) is 0.165.